The SMILES string of the molecule is COc1cc(CO)cc2c1O[C@@H]1[C@@H](O)[C@H](N(CCCOC(C)C)C(=O)C3CCC3)C=C(C(=O)NCCO)[C@H]21. The quantitative estimate of drug-likeness (QED) is 0.295. The maximum Gasteiger partial charge on any atom is 0.247 e. The van der Waals surface area contributed by atoms with Crippen molar-refractivity contribution in [2.75, 3.05) is 33.4 Å². The van der Waals surface area contributed by atoms with E-state index >= 15 is 0 Å². The van der Waals surface area contributed by atoms with E-state index in [1.54, 1.807) is 23.1 Å². The predicted octanol–water partition coefficient (Wildman–Crippen LogP) is 1.25. The van der Waals surface area contributed by atoms with Crippen molar-refractivity contribution in [3.8, 4) is 11.5 Å². The molecule has 3 aliphatic rings. The first kappa shape index (κ1) is 28.4. The van der Waals surface area contributed by atoms with E-state index in [2.05, 4.69) is 5.32 Å². The lowest BCUT2D eigenvalue weighted by Crippen LogP contribution is -2.57. The monoisotopic (exact) mass is 532 g/mol. The summed E-state index contributed by atoms with van der Waals surface area (Å²) >= 11 is 0. The van der Waals surface area contributed by atoms with Gasteiger partial charge < -0.3 is 39.7 Å². The molecule has 10 nitrogen and oxygen atoms in total. The van der Waals surface area contributed by atoms with Crippen LogP contribution in [-0.4, -0.2) is 89.8 Å². The normalized spacial score (nSPS) is 24.1. The first-order valence-electron chi connectivity index (χ1n) is 13.5. The summed E-state index contributed by atoms with van der Waals surface area (Å²) in [7, 11) is 1.49. The summed E-state index contributed by atoms with van der Waals surface area (Å²) in [6.07, 6.45) is 2.98. The molecule has 1 aliphatic heterocycles. The largest absolute Gasteiger partial charge is 0.493 e. The molecule has 0 radical (unpaired) electrons. The topological polar surface area (TPSA) is 138 Å². The van der Waals surface area contributed by atoms with Gasteiger partial charge in [0.25, 0.3) is 0 Å². The zero-order chi connectivity index (χ0) is 27.4. The number of benzene rings is 1. The van der Waals surface area contributed by atoms with Crippen LogP contribution in [0.1, 0.15) is 56.6 Å². The summed E-state index contributed by atoms with van der Waals surface area (Å²) in [6, 6.07) is 2.63. The molecule has 210 valence electrons. The molecule has 10 heteroatoms. The second-order valence-corrected chi connectivity index (χ2v) is 10.4. The van der Waals surface area contributed by atoms with Crippen molar-refractivity contribution in [3.05, 3.63) is 34.9 Å². The average molecular weight is 533 g/mol. The number of nitrogens with one attached hydrogen (secondary N) is 1. The third-order valence-corrected chi connectivity index (χ3v) is 7.59. The zero-order valence-electron chi connectivity index (χ0n) is 22.4. The van der Waals surface area contributed by atoms with Gasteiger partial charge in [-0.05, 0) is 56.9 Å². The average Bonchev–Trinajstić information content (AvgIpc) is 3.26. The summed E-state index contributed by atoms with van der Waals surface area (Å²) in [5.41, 5.74) is 1.56. The number of ether oxygens (including phenoxy) is 3. The van der Waals surface area contributed by atoms with Gasteiger partial charge in [-0.2, -0.15) is 0 Å². The number of aliphatic hydroxyl groups is 3. The smallest absolute Gasteiger partial charge is 0.247 e. The molecule has 2 amide bonds. The van der Waals surface area contributed by atoms with Gasteiger partial charge >= 0.3 is 0 Å². The minimum atomic E-state index is -1.11. The van der Waals surface area contributed by atoms with Crippen LogP contribution < -0.4 is 14.8 Å². The number of hydrogen-bond donors (Lipinski definition) is 4. The molecule has 0 unspecified atom stereocenters. The number of nitrogens with zero attached hydrogens (tertiary/aromatic N) is 1. The highest BCUT2D eigenvalue weighted by molar-refractivity contribution is 5.96. The van der Waals surface area contributed by atoms with Crippen LogP contribution in [0.5, 0.6) is 11.5 Å². The van der Waals surface area contributed by atoms with E-state index in [9.17, 15) is 24.9 Å². The van der Waals surface area contributed by atoms with Crippen LogP contribution in [0.4, 0.5) is 0 Å². The molecule has 2 aliphatic carbocycles. The Morgan fingerprint density at radius 3 is 2.61 bits per heavy atom. The molecule has 4 N–H and O–H groups in total. The Kier molecular flexibility index (Phi) is 9.30. The van der Waals surface area contributed by atoms with Gasteiger partial charge in [-0.3, -0.25) is 9.59 Å². The number of fused-ring (bicyclic) bond motifs is 3. The van der Waals surface area contributed by atoms with Crippen LogP contribution in [0.25, 0.3) is 0 Å². The van der Waals surface area contributed by atoms with Crippen LogP contribution >= 0.6 is 0 Å². The van der Waals surface area contributed by atoms with Crippen molar-refractivity contribution in [1.29, 1.82) is 0 Å². The molecule has 1 aromatic rings. The molecular weight excluding hydrogens is 492 g/mol. The van der Waals surface area contributed by atoms with E-state index in [1.807, 2.05) is 13.8 Å². The lowest BCUT2D eigenvalue weighted by molar-refractivity contribution is -0.144. The summed E-state index contributed by atoms with van der Waals surface area (Å²) in [6.45, 7) is 4.35. The van der Waals surface area contributed by atoms with Gasteiger partial charge in [0.15, 0.2) is 11.5 Å². The van der Waals surface area contributed by atoms with Crippen LogP contribution in [-0.2, 0) is 20.9 Å². The standard InChI is InChI=1S/C28H40N2O8/c1-16(2)37-11-5-9-30(28(35)18-6-4-7-18)21-14-20(27(34)29-8-10-31)23-19-12-17(15-32)13-22(36-3)25(19)38-26(23)24(21)33/h12-14,16,18,21,23-24,26,31-33H,4-11,15H2,1-3H3,(H,29,34)/t21-,23+,24+,26+/m1/s1. The molecule has 0 spiro atoms. The summed E-state index contributed by atoms with van der Waals surface area (Å²) < 4.78 is 17.4. The van der Waals surface area contributed by atoms with E-state index in [0.29, 0.717) is 47.8 Å². The third-order valence-electron chi connectivity index (χ3n) is 7.59. The molecule has 1 heterocycles. The molecule has 4 rings (SSSR count). The molecule has 1 fully saturated rings. The first-order chi connectivity index (χ1) is 18.3. The fourth-order valence-corrected chi connectivity index (χ4v) is 5.47. The van der Waals surface area contributed by atoms with Gasteiger partial charge in [0.2, 0.25) is 11.8 Å². The Morgan fingerprint density at radius 2 is 2.00 bits per heavy atom. The molecule has 1 saturated carbocycles. The summed E-state index contributed by atoms with van der Waals surface area (Å²) in [5.74, 6) is -0.379. The highest BCUT2D eigenvalue weighted by Gasteiger charge is 2.52. The van der Waals surface area contributed by atoms with Gasteiger partial charge in [-0.25, -0.2) is 0 Å². The van der Waals surface area contributed by atoms with Crippen molar-refractivity contribution in [2.45, 2.75) is 76.4 Å². The summed E-state index contributed by atoms with van der Waals surface area (Å²) in [5, 5.41) is 33.5. The van der Waals surface area contributed by atoms with E-state index in [-0.39, 0.29) is 37.7 Å². The van der Waals surface area contributed by atoms with Gasteiger partial charge in [0.1, 0.15) is 12.2 Å². The minimum absolute atomic E-state index is 0.0367. The molecule has 38 heavy (non-hydrogen) atoms. The van der Waals surface area contributed by atoms with Crippen LogP contribution in [0, 0.1) is 5.92 Å². The Bertz CT molecular complexity index is 1040. The van der Waals surface area contributed by atoms with Gasteiger partial charge in [-0.1, -0.05) is 6.42 Å². The van der Waals surface area contributed by atoms with Crippen molar-refractivity contribution in [2.24, 2.45) is 5.92 Å². The van der Waals surface area contributed by atoms with Crippen LogP contribution in [0.2, 0.25) is 0 Å². The Labute approximate surface area is 223 Å². The maximum atomic E-state index is 13.6. The maximum absolute atomic E-state index is 13.6. The van der Waals surface area contributed by atoms with Gasteiger partial charge in [-0.15, -0.1) is 0 Å². The van der Waals surface area contributed by atoms with E-state index < -0.39 is 30.1 Å². The van der Waals surface area contributed by atoms with Crippen molar-refractivity contribution >= 4 is 11.8 Å². The third kappa shape index (κ3) is 5.68. The van der Waals surface area contributed by atoms with Crippen LogP contribution in [0.15, 0.2) is 23.8 Å². The number of hydrogen-bond acceptors (Lipinski definition) is 8. The summed E-state index contributed by atoms with van der Waals surface area (Å²) in [4.78, 5) is 28.6. The van der Waals surface area contributed by atoms with E-state index in [0.717, 1.165) is 19.3 Å². The van der Waals surface area contributed by atoms with E-state index in [1.165, 1.54) is 7.11 Å². The second kappa shape index (κ2) is 12.5. The molecule has 4 atom stereocenters. The zero-order valence-corrected chi connectivity index (χ0v) is 22.4. The Hall–Kier alpha value is -2.66. The molecule has 1 aromatic carbocycles. The lowest BCUT2D eigenvalue weighted by atomic mass is 9.76. The van der Waals surface area contributed by atoms with Crippen LogP contribution in [0.3, 0.4) is 0 Å². The molecule has 0 bridgehead atoms. The number of carbonyl (C=O) groups is 2. The molecule has 0 aromatic heterocycles. The Balaban J connectivity index is 1.72. The number of carbonyl (C=O) groups excluding carboxylic acids is 2. The molecule has 0 saturated heterocycles. The first-order valence-corrected chi connectivity index (χ1v) is 13.5. The highest BCUT2D eigenvalue weighted by atomic mass is 16.5. The second-order valence-electron chi connectivity index (χ2n) is 10.4. The number of aliphatic hydroxyl groups excluding tert-OH is 3. The number of amides is 2. The number of rotatable bonds is 12. The van der Waals surface area contributed by atoms with E-state index in [4.69, 9.17) is 14.2 Å². The number of methoxy groups -OCH3 is 1. The minimum Gasteiger partial charge on any atom is -0.493 e. The molecular formula is C28H40N2O8. The van der Waals surface area contributed by atoms with Crippen molar-refractivity contribution in [3.63, 3.8) is 0 Å². The Morgan fingerprint density at radius 1 is 1.24 bits per heavy atom. The fraction of sp³-hybridized carbons (Fsp3) is 0.643. The fourth-order valence-electron chi connectivity index (χ4n) is 5.47. The van der Waals surface area contributed by atoms with Crippen molar-refractivity contribution in [1.82, 2.24) is 10.2 Å². The van der Waals surface area contributed by atoms with Crippen molar-refractivity contribution < 1.29 is 39.1 Å². The van der Waals surface area contributed by atoms with Gasteiger partial charge in [0.05, 0.1) is 38.4 Å². The lowest BCUT2D eigenvalue weighted by Gasteiger charge is -2.42. The van der Waals surface area contributed by atoms with Gasteiger partial charge in [0, 0.05) is 36.8 Å². The highest BCUT2D eigenvalue weighted by Crippen LogP contribution is 2.51. The predicted molar refractivity (Wildman–Crippen MR) is 139 cm³/mol.